The summed E-state index contributed by atoms with van der Waals surface area (Å²) in [5.41, 5.74) is 0.351. The van der Waals surface area contributed by atoms with E-state index in [4.69, 9.17) is 16.3 Å². The largest absolute Gasteiger partial charge is 0.494 e. The zero-order valence-corrected chi connectivity index (χ0v) is 11.9. The fraction of sp³-hybridized carbons (Fsp3) is 0.143. The third-order valence-electron chi connectivity index (χ3n) is 2.45. The molecule has 0 spiro atoms. The summed E-state index contributed by atoms with van der Waals surface area (Å²) >= 11 is 7.43. The number of ketones is 1. The molecule has 0 saturated carbocycles. The van der Waals surface area contributed by atoms with Gasteiger partial charge in [-0.25, -0.2) is 4.98 Å². The van der Waals surface area contributed by atoms with Crippen molar-refractivity contribution in [1.29, 1.82) is 0 Å². The van der Waals surface area contributed by atoms with Crippen LogP contribution in [0.2, 0.25) is 5.02 Å². The van der Waals surface area contributed by atoms with Gasteiger partial charge in [-0.05, 0) is 24.3 Å². The van der Waals surface area contributed by atoms with E-state index in [1.165, 1.54) is 18.9 Å². The molecule has 1 aromatic carbocycles. The van der Waals surface area contributed by atoms with Crippen LogP contribution in [0.3, 0.4) is 0 Å². The maximum Gasteiger partial charge on any atom is 0.195 e. The fourth-order valence-corrected chi connectivity index (χ4v) is 2.64. The van der Waals surface area contributed by atoms with Crippen LogP contribution in [-0.2, 0) is 0 Å². The molecule has 0 amide bonds. The number of carbonyl (C=O) groups is 1. The lowest BCUT2D eigenvalue weighted by molar-refractivity contribution is 0.101. The molecule has 3 nitrogen and oxygen atoms in total. The predicted octanol–water partition coefficient (Wildman–Crippen LogP) is 3.72. The highest BCUT2D eigenvalue weighted by atomic mass is 35.5. The Morgan fingerprint density at radius 3 is 2.84 bits per heavy atom. The van der Waals surface area contributed by atoms with Crippen molar-refractivity contribution in [1.82, 2.24) is 4.98 Å². The normalized spacial score (nSPS) is 10.2. The molecule has 0 aliphatic carbocycles. The molecule has 1 heterocycles. The lowest BCUT2D eigenvalue weighted by atomic mass is 10.2. The van der Waals surface area contributed by atoms with Crippen LogP contribution in [0.15, 0.2) is 47.5 Å². The zero-order chi connectivity index (χ0) is 13.7. The molecule has 0 unspecified atom stereocenters. The predicted molar refractivity (Wildman–Crippen MR) is 77.3 cm³/mol. The van der Waals surface area contributed by atoms with E-state index in [9.17, 15) is 4.79 Å². The maximum atomic E-state index is 12.1. The number of carbonyl (C=O) groups excluding carboxylic acids is 1. The van der Waals surface area contributed by atoms with Gasteiger partial charge in [0.1, 0.15) is 11.4 Å². The van der Waals surface area contributed by atoms with Crippen molar-refractivity contribution in [2.24, 2.45) is 0 Å². The molecule has 0 fully saturated rings. The Bertz CT molecular complexity index is 589. The monoisotopic (exact) mass is 293 g/mol. The first-order valence-electron chi connectivity index (χ1n) is 5.62. The molecule has 0 saturated heterocycles. The number of Topliss-reactive ketones (excluding diaryl/α,β-unsaturated/α-hetero) is 1. The van der Waals surface area contributed by atoms with E-state index < -0.39 is 0 Å². The van der Waals surface area contributed by atoms with Crippen LogP contribution < -0.4 is 4.74 Å². The van der Waals surface area contributed by atoms with E-state index in [1.54, 1.807) is 24.4 Å². The van der Waals surface area contributed by atoms with Crippen LogP contribution in [0, 0.1) is 0 Å². The third-order valence-corrected chi connectivity index (χ3v) is 3.97. The summed E-state index contributed by atoms with van der Waals surface area (Å²) in [6.45, 7) is 0. The summed E-state index contributed by atoms with van der Waals surface area (Å²) in [6, 6.07) is 10.9. The number of hydrogen-bond acceptors (Lipinski definition) is 4. The number of benzene rings is 1. The molecule has 2 rings (SSSR count). The fourth-order valence-electron chi connectivity index (χ4n) is 1.54. The molecular formula is C14H12ClNO2S. The molecule has 5 heteroatoms. The number of methoxy groups -OCH3 is 1. The van der Waals surface area contributed by atoms with E-state index in [2.05, 4.69) is 4.98 Å². The molecule has 19 heavy (non-hydrogen) atoms. The van der Waals surface area contributed by atoms with Crippen LogP contribution in [-0.4, -0.2) is 23.6 Å². The first kappa shape index (κ1) is 13.9. The van der Waals surface area contributed by atoms with Gasteiger partial charge >= 0.3 is 0 Å². The number of nitrogens with zero attached hydrogens (tertiary/aromatic N) is 1. The van der Waals surface area contributed by atoms with Gasteiger partial charge in [-0.15, -0.1) is 11.8 Å². The number of pyridine rings is 1. The number of thioether (sulfide) groups is 1. The number of hydrogen-bond donors (Lipinski definition) is 0. The van der Waals surface area contributed by atoms with Crippen molar-refractivity contribution in [3.63, 3.8) is 0 Å². The maximum absolute atomic E-state index is 12.1. The summed E-state index contributed by atoms with van der Waals surface area (Å²) in [5, 5.41) is 0.647. The molecule has 2 aromatic rings. The number of ether oxygens (including phenoxy) is 1. The quantitative estimate of drug-likeness (QED) is 0.622. The van der Waals surface area contributed by atoms with Gasteiger partial charge in [-0.3, -0.25) is 4.79 Å². The minimum Gasteiger partial charge on any atom is -0.494 e. The van der Waals surface area contributed by atoms with Gasteiger partial charge in [0.15, 0.2) is 5.78 Å². The molecule has 0 atom stereocenters. The van der Waals surface area contributed by atoms with E-state index in [0.717, 1.165) is 4.90 Å². The first-order chi connectivity index (χ1) is 9.22. The van der Waals surface area contributed by atoms with Gasteiger partial charge in [0.2, 0.25) is 0 Å². The van der Waals surface area contributed by atoms with Crippen LogP contribution in [0.1, 0.15) is 10.5 Å². The van der Waals surface area contributed by atoms with Gasteiger partial charge in [0.25, 0.3) is 0 Å². The van der Waals surface area contributed by atoms with E-state index in [1.807, 2.05) is 18.2 Å². The van der Waals surface area contributed by atoms with Gasteiger partial charge in [0.05, 0.1) is 17.9 Å². The minimum atomic E-state index is -0.0811. The smallest absolute Gasteiger partial charge is 0.195 e. The Balaban J connectivity index is 2.08. The number of aromatic nitrogens is 1. The highest BCUT2D eigenvalue weighted by Gasteiger charge is 2.14. The van der Waals surface area contributed by atoms with Crippen molar-refractivity contribution < 1.29 is 9.53 Å². The van der Waals surface area contributed by atoms with Crippen molar-refractivity contribution in [3.05, 3.63) is 53.3 Å². The van der Waals surface area contributed by atoms with Gasteiger partial charge < -0.3 is 4.74 Å². The van der Waals surface area contributed by atoms with E-state index in [-0.39, 0.29) is 11.5 Å². The Kier molecular flexibility index (Phi) is 4.82. The summed E-state index contributed by atoms with van der Waals surface area (Å²) in [6.07, 6.45) is 1.58. The Morgan fingerprint density at radius 2 is 2.11 bits per heavy atom. The number of rotatable bonds is 5. The highest BCUT2D eigenvalue weighted by molar-refractivity contribution is 8.00. The van der Waals surface area contributed by atoms with Crippen molar-refractivity contribution in [2.75, 3.05) is 12.9 Å². The van der Waals surface area contributed by atoms with Crippen molar-refractivity contribution in [3.8, 4) is 5.75 Å². The molecule has 1 aromatic heterocycles. The standard InChI is InChI=1S/C14H12ClNO2S/c1-18-12-6-4-8-16-14(12)11(17)9-19-13-7-3-2-5-10(13)15/h2-8H,9H2,1H3. The second-order valence-corrected chi connectivity index (χ2v) is 5.12. The Morgan fingerprint density at radius 1 is 1.32 bits per heavy atom. The summed E-state index contributed by atoms with van der Waals surface area (Å²) in [4.78, 5) is 17.0. The highest BCUT2D eigenvalue weighted by Crippen LogP contribution is 2.27. The summed E-state index contributed by atoms with van der Waals surface area (Å²) in [7, 11) is 1.52. The first-order valence-corrected chi connectivity index (χ1v) is 6.98. The molecule has 0 aliphatic rings. The van der Waals surface area contributed by atoms with Crippen molar-refractivity contribution in [2.45, 2.75) is 4.90 Å². The van der Waals surface area contributed by atoms with Gasteiger partial charge in [-0.1, -0.05) is 23.7 Å². The lowest BCUT2D eigenvalue weighted by Crippen LogP contribution is -2.07. The SMILES string of the molecule is COc1cccnc1C(=O)CSc1ccccc1Cl. The topological polar surface area (TPSA) is 39.2 Å². The van der Waals surface area contributed by atoms with Crippen LogP contribution >= 0.6 is 23.4 Å². The van der Waals surface area contributed by atoms with E-state index in [0.29, 0.717) is 16.5 Å². The van der Waals surface area contributed by atoms with Gasteiger partial charge in [0, 0.05) is 11.1 Å². The third kappa shape index (κ3) is 3.49. The number of halogens is 1. The van der Waals surface area contributed by atoms with Crippen LogP contribution in [0.25, 0.3) is 0 Å². The second kappa shape index (κ2) is 6.59. The molecule has 0 radical (unpaired) electrons. The average Bonchev–Trinajstić information content (AvgIpc) is 2.46. The van der Waals surface area contributed by atoms with Gasteiger partial charge in [-0.2, -0.15) is 0 Å². The molecule has 98 valence electrons. The summed E-state index contributed by atoms with van der Waals surface area (Å²) < 4.78 is 5.12. The average molecular weight is 294 g/mol. The van der Waals surface area contributed by atoms with E-state index >= 15 is 0 Å². The molecule has 0 aliphatic heterocycles. The summed E-state index contributed by atoms with van der Waals surface area (Å²) in [5.74, 6) is 0.687. The Labute approximate surface area is 121 Å². The lowest BCUT2D eigenvalue weighted by Gasteiger charge is -2.06. The Hall–Kier alpha value is -1.52. The second-order valence-electron chi connectivity index (χ2n) is 3.70. The van der Waals surface area contributed by atoms with Crippen LogP contribution in [0.4, 0.5) is 0 Å². The molecule has 0 N–H and O–H groups in total. The van der Waals surface area contributed by atoms with Crippen molar-refractivity contribution >= 4 is 29.1 Å². The molecular weight excluding hydrogens is 282 g/mol. The minimum absolute atomic E-state index is 0.0811. The molecule has 0 bridgehead atoms. The van der Waals surface area contributed by atoms with Crippen LogP contribution in [0.5, 0.6) is 5.75 Å². The zero-order valence-electron chi connectivity index (χ0n) is 10.3.